The Balaban J connectivity index is 2.76. The lowest BCUT2D eigenvalue weighted by molar-refractivity contribution is -0.108. The molecule has 0 saturated carbocycles. The molecule has 0 aliphatic carbocycles. The summed E-state index contributed by atoms with van der Waals surface area (Å²) in [6.07, 6.45) is 1.51. The van der Waals surface area contributed by atoms with Gasteiger partial charge in [-0.1, -0.05) is 12.1 Å². The fourth-order valence-corrected chi connectivity index (χ4v) is 1.58. The third-order valence-electron chi connectivity index (χ3n) is 2.42. The molecule has 0 aliphatic rings. The number of ether oxygens (including phenoxy) is 1. The number of rotatable bonds is 6. The molecule has 0 fully saturated rings. The molecule has 0 aliphatic heterocycles. The number of nitrogens with one attached hydrogen (secondary N) is 1. The highest BCUT2D eigenvalue weighted by Gasteiger charge is 2.09. The number of aldehydes is 1. The Morgan fingerprint density at radius 3 is 2.53 bits per heavy atom. The van der Waals surface area contributed by atoms with Crippen LogP contribution in [0, 0.1) is 0 Å². The zero-order valence-electron chi connectivity index (χ0n) is 9.19. The van der Waals surface area contributed by atoms with Gasteiger partial charge >= 0.3 is 0 Å². The first kappa shape index (κ1) is 11.7. The van der Waals surface area contributed by atoms with Crippen molar-refractivity contribution in [2.45, 2.75) is 12.3 Å². The fourth-order valence-electron chi connectivity index (χ4n) is 1.58. The van der Waals surface area contributed by atoms with Crippen molar-refractivity contribution in [3.63, 3.8) is 0 Å². The van der Waals surface area contributed by atoms with Gasteiger partial charge in [-0.15, -0.1) is 0 Å². The smallest absolute Gasteiger partial charge is 0.120 e. The average molecular weight is 207 g/mol. The Hall–Kier alpha value is -1.35. The highest BCUT2D eigenvalue weighted by atomic mass is 16.5. The van der Waals surface area contributed by atoms with E-state index in [1.807, 2.05) is 31.3 Å². The van der Waals surface area contributed by atoms with E-state index in [2.05, 4.69) is 5.32 Å². The van der Waals surface area contributed by atoms with Gasteiger partial charge in [-0.05, 0) is 24.7 Å². The maximum absolute atomic E-state index is 10.5. The molecule has 1 aromatic rings. The third-order valence-corrected chi connectivity index (χ3v) is 2.42. The van der Waals surface area contributed by atoms with Crippen molar-refractivity contribution in [1.29, 1.82) is 0 Å². The van der Waals surface area contributed by atoms with E-state index in [4.69, 9.17) is 4.74 Å². The number of hydrogen-bond donors (Lipinski definition) is 1. The van der Waals surface area contributed by atoms with Crippen molar-refractivity contribution in [1.82, 2.24) is 5.32 Å². The summed E-state index contributed by atoms with van der Waals surface area (Å²) in [4.78, 5) is 10.5. The van der Waals surface area contributed by atoms with E-state index in [-0.39, 0.29) is 5.92 Å². The number of benzene rings is 1. The topological polar surface area (TPSA) is 38.3 Å². The second kappa shape index (κ2) is 6.19. The predicted molar refractivity (Wildman–Crippen MR) is 60.3 cm³/mol. The molecule has 15 heavy (non-hydrogen) atoms. The van der Waals surface area contributed by atoms with Crippen LogP contribution in [0.25, 0.3) is 0 Å². The first-order chi connectivity index (χ1) is 7.31. The number of carbonyl (C=O) groups is 1. The van der Waals surface area contributed by atoms with E-state index in [1.54, 1.807) is 7.11 Å². The molecule has 1 rings (SSSR count). The molecule has 1 unspecified atom stereocenters. The van der Waals surface area contributed by atoms with Crippen LogP contribution >= 0.6 is 0 Å². The van der Waals surface area contributed by atoms with Crippen molar-refractivity contribution in [3.8, 4) is 5.75 Å². The molecule has 3 heteroatoms. The van der Waals surface area contributed by atoms with Gasteiger partial charge in [0.1, 0.15) is 12.0 Å². The van der Waals surface area contributed by atoms with E-state index in [9.17, 15) is 4.79 Å². The fraction of sp³-hybridized carbons (Fsp3) is 0.417. The highest BCUT2D eigenvalue weighted by Crippen LogP contribution is 2.20. The van der Waals surface area contributed by atoms with Crippen molar-refractivity contribution in [2.75, 3.05) is 20.7 Å². The second-order valence-corrected chi connectivity index (χ2v) is 3.43. The SMILES string of the molecule is CNCC(CC=O)c1ccc(OC)cc1. The lowest BCUT2D eigenvalue weighted by atomic mass is 9.96. The second-order valence-electron chi connectivity index (χ2n) is 3.43. The maximum Gasteiger partial charge on any atom is 0.120 e. The molecule has 0 heterocycles. The molecule has 0 bridgehead atoms. The van der Waals surface area contributed by atoms with Crippen LogP contribution in [-0.2, 0) is 4.79 Å². The minimum absolute atomic E-state index is 0.249. The first-order valence-corrected chi connectivity index (χ1v) is 5.04. The molecule has 1 atom stereocenters. The minimum Gasteiger partial charge on any atom is -0.497 e. The van der Waals surface area contributed by atoms with E-state index in [0.29, 0.717) is 6.42 Å². The number of carbonyl (C=O) groups excluding carboxylic acids is 1. The first-order valence-electron chi connectivity index (χ1n) is 5.04. The van der Waals surface area contributed by atoms with Gasteiger partial charge in [-0.25, -0.2) is 0 Å². The molecular weight excluding hydrogens is 190 g/mol. The predicted octanol–water partition coefficient (Wildman–Crippen LogP) is 1.59. The average Bonchev–Trinajstić information content (AvgIpc) is 2.29. The molecule has 0 amide bonds. The van der Waals surface area contributed by atoms with Crippen molar-refractivity contribution < 1.29 is 9.53 Å². The molecule has 1 aromatic carbocycles. The summed E-state index contributed by atoms with van der Waals surface area (Å²) in [6, 6.07) is 7.85. The largest absolute Gasteiger partial charge is 0.497 e. The van der Waals surface area contributed by atoms with Gasteiger partial charge in [-0.2, -0.15) is 0 Å². The van der Waals surface area contributed by atoms with E-state index < -0.39 is 0 Å². The Kier molecular flexibility index (Phi) is 4.84. The Morgan fingerprint density at radius 1 is 1.40 bits per heavy atom. The zero-order chi connectivity index (χ0) is 11.1. The van der Waals surface area contributed by atoms with Crippen molar-refractivity contribution >= 4 is 6.29 Å². The molecule has 1 N–H and O–H groups in total. The highest BCUT2D eigenvalue weighted by molar-refractivity contribution is 5.52. The van der Waals surface area contributed by atoms with Crippen LogP contribution in [-0.4, -0.2) is 27.0 Å². The zero-order valence-corrected chi connectivity index (χ0v) is 9.19. The van der Waals surface area contributed by atoms with Crippen LogP contribution in [0.5, 0.6) is 5.75 Å². The molecule has 0 aromatic heterocycles. The van der Waals surface area contributed by atoms with E-state index in [0.717, 1.165) is 24.1 Å². The van der Waals surface area contributed by atoms with E-state index >= 15 is 0 Å². The van der Waals surface area contributed by atoms with Crippen LogP contribution in [0.3, 0.4) is 0 Å². The quantitative estimate of drug-likeness (QED) is 0.720. The summed E-state index contributed by atoms with van der Waals surface area (Å²) in [5, 5.41) is 3.09. The van der Waals surface area contributed by atoms with Crippen LogP contribution in [0.15, 0.2) is 24.3 Å². The monoisotopic (exact) mass is 207 g/mol. The summed E-state index contributed by atoms with van der Waals surface area (Å²) >= 11 is 0. The summed E-state index contributed by atoms with van der Waals surface area (Å²) in [7, 11) is 3.53. The molecule has 82 valence electrons. The minimum atomic E-state index is 0.249. The number of hydrogen-bond acceptors (Lipinski definition) is 3. The number of methoxy groups -OCH3 is 1. The normalized spacial score (nSPS) is 12.1. The third kappa shape index (κ3) is 3.36. The molecular formula is C12H17NO2. The van der Waals surface area contributed by atoms with Gasteiger partial charge in [-0.3, -0.25) is 0 Å². The summed E-state index contributed by atoms with van der Waals surface area (Å²) in [5.74, 6) is 1.09. The van der Waals surface area contributed by atoms with Crippen LogP contribution in [0.1, 0.15) is 17.9 Å². The van der Waals surface area contributed by atoms with Crippen LogP contribution in [0.4, 0.5) is 0 Å². The van der Waals surface area contributed by atoms with Gasteiger partial charge < -0.3 is 14.8 Å². The van der Waals surface area contributed by atoms with Gasteiger partial charge in [0, 0.05) is 18.9 Å². The van der Waals surface area contributed by atoms with Crippen molar-refractivity contribution in [3.05, 3.63) is 29.8 Å². The Labute approximate surface area is 90.4 Å². The number of likely N-dealkylation sites (N-methyl/N-ethyl adjacent to an activating group) is 1. The van der Waals surface area contributed by atoms with Crippen LogP contribution in [0.2, 0.25) is 0 Å². The molecule has 0 saturated heterocycles. The lowest BCUT2D eigenvalue weighted by Crippen LogP contribution is -2.17. The van der Waals surface area contributed by atoms with Crippen molar-refractivity contribution in [2.24, 2.45) is 0 Å². The lowest BCUT2D eigenvalue weighted by Gasteiger charge is -2.14. The Bertz CT molecular complexity index is 295. The summed E-state index contributed by atoms with van der Waals surface area (Å²) in [5.41, 5.74) is 1.16. The van der Waals surface area contributed by atoms with Gasteiger partial charge in [0.05, 0.1) is 7.11 Å². The van der Waals surface area contributed by atoms with E-state index in [1.165, 1.54) is 0 Å². The summed E-state index contributed by atoms with van der Waals surface area (Å²) in [6.45, 7) is 0.811. The molecule has 3 nitrogen and oxygen atoms in total. The maximum atomic E-state index is 10.5. The summed E-state index contributed by atoms with van der Waals surface area (Å²) < 4.78 is 5.08. The molecule has 0 spiro atoms. The van der Waals surface area contributed by atoms with Gasteiger partial charge in [0.25, 0.3) is 0 Å². The Morgan fingerprint density at radius 2 is 2.07 bits per heavy atom. The van der Waals surface area contributed by atoms with Gasteiger partial charge in [0.2, 0.25) is 0 Å². The van der Waals surface area contributed by atoms with Gasteiger partial charge in [0.15, 0.2) is 0 Å². The standard InChI is InChI=1S/C12H17NO2/c1-13-9-11(7-8-14)10-3-5-12(15-2)6-4-10/h3-6,8,11,13H,7,9H2,1-2H3. The molecule has 0 radical (unpaired) electrons. The van der Waals surface area contributed by atoms with Crippen LogP contribution < -0.4 is 10.1 Å².